The Labute approximate surface area is 183 Å². The number of allylic oxidation sites excluding steroid dienone is 7. The van der Waals surface area contributed by atoms with Gasteiger partial charge in [0.1, 0.15) is 5.76 Å². The van der Waals surface area contributed by atoms with Crippen LogP contribution in [0.25, 0.3) is 0 Å². The van der Waals surface area contributed by atoms with Crippen LogP contribution in [0.2, 0.25) is 0 Å². The number of nitrogens with zero attached hydrogens (tertiary/aromatic N) is 2. The predicted octanol–water partition coefficient (Wildman–Crippen LogP) is 3.89. The summed E-state index contributed by atoms with van der Waals surface area (Å²) in [5.41, 5.74) is 1.79. The van der Waals surface area contributed by atoms with Crippen LogP contribution in [0.3, 0.4) is 0 Å². The molecule has 2 fully saturated rings. The number of nitriles is 1. The maximum absolute atomic E-state index is 10.4. The Bertz CT molecular complexity index is 906. The normalized spacial score (nSPS) is 28.5. The first kappa shape index (κ1) is 22.6. The van der Waals surface area contributed by atoms with Gasteiger partial charge in [-0.2, -0.15) is 5.26 Å². The summed E-state index contributed by atoms with van der Waals surface area (Å²) in [6, 6.07) is 2.28. The summed E-state index contributed by atoms with van der Waals surface area (Å²) in [5.74, 6) is 0.985. The zero-order chi connectivity index (χ0) is 22.3. The summed E-state index contributed by atoms with van der Waals surface area (Å²) in [6.07, 6.45) is 17.9. The van der Waals surface area contributed by atoms with E-state index in [-0.39, 0.29) is 12.5 Å². The van der Waals surface area contributed by atoms with E-state index in [1.165, 1.54) is 0 Å². The smallest absolute Gasteiger partial charge is 0.128 e. The molecule has 3 aliphatic carbocycles. The van der Waals surface area contributed by atoms with Gasteiger partial charge in [0.2, 0.25) is 0 Å². The molecule has 3 rings (SSSR count). The van der Waals surface area contributed by atoms with E-state index in [0.29, 0.717) is 35.9 Å². The van der Waals surface area contributed by atoms with Crippen molar-refractivity contribution in [3.8, 4) is 6.07 Å². The number of oxime groups is 1. The van der Waals surface area contributed by atoms with Crippen LogP contribution in [0.15, 0.2) is 64.7 Å². The van der Waals surface area contributed by atoms with E-state index in [2.05, 4.69) is 16.5 Å². The summed E-state index contributed by atoms with van der Waals surface area (Å²) in [7, 11) is 1.58. The second-order valence-corrected chi connectivity index (χ2v) is 8.34. The third kappa shape index (κ3) is 6.19. The van der Waals surface area contributed by atoms with Gasteiger partial charge in [0.05, 0.1) is 36.6 Å². The van der Waals surface area contributed by atoms with Gasteiger partial charge in [-0.25, -0.2) is 0 Å². The number of hydrogen-bond acceptors (Lipinski definition) is 7. The molecule has 0 amide bonds. The Morgan fingerprint density at radius 1 is 1.32 bits per heavy atom. The molecule has 31 heavy (non-hydrogen) atoms. The summed E-state index contributed by atoms with van der Waals surface area (Å²) in [6.45, 7) is 0. The van der Waals surface area contributed by atoms with Gasteiger partial charge in [0, 0.05) is 35.4 Å². The number of nitrogens with one attached hydrogen (secondary N) is 2. The molecule has 0 atom stereocenters. The molecule has 3 aliphatic rings. The molecule has 7 nitrogen and oxygen atoms in total. The van der Waals surface area contributed by atoms with E-state index in [0.717, 1.165) is 36.8 Å². The maximum Gasteiger partial charge on any atom is 0.128 e. The van der Waals surface area contributed by atoms with Crippen molar-refractivity contribution in [2.45, 2.75) is 56.6 Å². The number of hydrogen-bond donors (Lipinski definition) is 4. The first-order chi connectivity index (χ1) is 15.0. The van der Waals surface area contributed by atoms with Crippen molar-refractivity contribution in [2.24, 2.45) is 11.1 Å². The monoisotopic (exact) mass is 422 g/mol. The molecule has 0 aromatic heterocycles. The third-order valence-corrected chi connectivity index (χ3v) is 5.97. The molecule has 164 valence electrons. The first-order valence-corrected chi connectivity index (χ1v) is 10.7. The number of rotatable bonds is 8. The van der Waals surface area contributed by atoms with E-state index in [9.17, 15) is 5.11 Å². The van der Waals surface area contributed by atoms with Gasteiger partial charge in [0.15, 0.2) is 0 Å². The van der Waals surface area contributed by atoms with E-state index in [1.807, 2.05) is 36.6 Å². The highest BCUT2D eigenvalue weighted by Crippen LogP contribution is 2.32. The minimum absolute atomic E-state index is 0.176. The van der Waals surface area contributed by atoms with E-state index >= 15 is 0 Å². The van der Waals surface area contributed by atoms with Crippen molar-refractivity contribution in [3.63, 3.8) is 0 Å². The minimum atomic E-state index is -0.862. The molecule has 0 saturated heterocycles. The fourth-order valence-electron chi connectivity index (χ4n) is 3.84. The fourth-order valence-corrected chi connectivity index (χ4v) is 3.84. The van der Waals surface area contributed by atoms with Gasteiger partial charge in [-0.05, 0) is 50.7 Å². The number of aliphatic hydroxyl groups is 1. The van der Waals surface area contributed by atoms with Crippen LogP contribution in [0.5, 0.6) is 0 Å². The maximum atomic E-state index is 10.4. The molecule has 0 aromatic rings. The highest BCUT2D eigenvalue weighted by atomic mass is 16.5. The zero-order valence-electron chi connectivity index (χ0n) is 17.8. The van der Waals surface area contributed by atoms with Gasteiger partial charge in [-0.3, -0.25) is 0 Å². The van der Waals surface area contributed by atoms with Crippen molar-refractivity contribution >= 4 is 11.4 Å². The summed E-state index contributed by atoms with van der Waals surface area (Å²) >= 11 is 0. The Hall–Kier alpha value is -3.11. The fraction of sp³-hybridized carbons (Fsp3) is 0.458. The zero-order valence-corrected chi connectivity index (χ0v) is 17.8. The summed E-state index contributed by atoms with van der Waals surface area (Å²) in [4.78, 5) is 0. The van der Waals surface area contributed by atoms with Crippen molar-refractivity contribution in [1.82, 2.24) is 5.32 Å². The standard InChI is InChI=1S/C24H30N4O3/c1-31-23-15-21(26)19(16-27-20-8-10-24(29,11-9-20)12-13-25)14-18(23)4-2-3-5-22(28-30)17-6-7-17/h2-5,14-17,20,26-27,29-30H,6-12H2,1H3/b4-2+,5-3-,19-16-,26-21?,28-22-. The molecule has 0 radical (unpaired) electrons. The number of methoxy groups -OCH3 is 1. The molecule has 7 heteroatoms. The molecule has 2 saturated carbocycles. The lowest BCUT2D eigenvalue weighted by atomic mass is 9.80. The van der Waals surface area contributed by atoms with Crippen LogP contribution in [-0.4, -0.2) is 40.5 Å². The molecule has 0 spiro atoms. The van der Waals surface area contributed by atoms with Crippen LogP contribution in [0, 0.1) is 22.7 Å². The van der Waals surface area contributed by atoms with Gasteiger partial charge in [0.25, 0.3) is 0 Å². The van der Waals surface area contributed by atoms with Crippen molar-refractivity contribution in [1.29, 1.82) is 10.7 Å². The molecular formula is C24H30N4O3. The predicted molar refractivity (Wildman–Crippen MR) is 120 cm³/mol. The lowest BCUT2D eigenvalue weighted by Crippen LogP contribution is -2.39. The highest BCUT2D eigenvalue weighted by Gasteiger charge is 2.32. The molecule has 0 aromatic carbocycles. The van der Waals surface area contributed by atoms with Crippen molar-refractivity contribution in [3.05, 3.63) is 59.6 Å². The van der Waals surface area contributed by atoms with Crippen molar-refractivity contribution < 1.29 is 15.1 Å². The Balaban J connectivity index is 1.63. The topological polar surface area (TPSA) is 122 Å². The molecule has 0 heterocycles. The second kappa shape index (κ2) is 10.3. The third-order valence-electron chi connectivity index (χ3n) is 5.97. The molecule has 4 N–H and O–H groups in total. The van der Waals surface area contributed by atoms with Crippen LogP contribution >= 0.6 is 0 Å². The van der Waals surface area contributed by atoms with Gasteiger partial charge < -0.3 is 25.8 Å². The summed E-state index contributed by atoms with van der Waals surface area (Å²) < 4.78 is 5.42. The van der Waals surface area contributed by atoms with E-state index in [1.54, 1.807) is 13.2 Å². The van der Waals surface area contributed by atoms with E-state index in [4.69, 9.17) is 20.6 Å². The second-order valence-electron chi connectivity index (χ2n) is 8.34. The molecular weight excluding hydrogens is 392 g/mol. The average molecular weight is 423 g/mol. The largest absolute Gasteiger partial charge is 0.496 e. The van der Waals surface area contributed by atoms with Crippen LogP contribution in [0.4, 0.5) is 0 Å². The van der Waals surface area contributed by atoms with Gasteiger partial charge >= 0.3 is 0 Å². The minimum Gasteiger partial charge on any atom is -0.496 e. The Kier molecular flexibility index (Phi) is 7.48. The quantitative estimate of drug-likeness (QED) is 0.205. The number of ether oxygens (including phenoxy) is 1. The van der Waals surface area contributed by atoms with E-state index < -0.39 is 5.60 Å². The van der Waals surface area contributed by atoms with Crippen LogP contribution in [-0.2, 0) is 4.74 Å². The SMILES string of the molecule is COC1=CC(=N)/C(=C\NC2CCC(O)(CC#N)CC2)C=C1/C=C/C=C\C(=N\O)C1CC1. The van der Waals surface area contributed by atoms with Crippen LogP contribution < -0.4 is 5.32 Å². The summed E-state index contributed by atoms with van der Waals surface area (Å²) in [5, 5.41) is 43.3. The lowest BCUT2D eigenvalue weighted by Gasteiger charge is -2.34. The molecule has 0 unspecified atom stereocenters. The first-order valence-electron chi connectivity index (χ1n) is 10.7. The van der Waals surface area contributed by atoms with Crippen LogP contribution in [0.1, 0.15) is 44.9 Å². The Morgan fingerprint density at radius 2 is 2.06 bits per heavy atom. The van der Waals surface area contributed by atoms with Crippen molar-refractivity contribution in [2.75, 3.05) is 7.11 Å². The average Bonchev–Trinajstić information content (AvgIpc) is 3.60. The molecule has 0 aliphatic heterocycles. The van der Waals surface area contributed by atoms with Gasteiger partial charge in [-0.15, -0.1) is 0 Å². The van der Waals surface area contributed by atoms with Gasteiger partial charge in [-0.1, -0.05) is 23.4 Å². The highest BCUT2D eigenvalue weighted by molar-refractivity contribution is 6.10. The molecule has 0 bridgehead atoms. The lowest BCUT2D eigenvalue weighted by molar-refractivity contribution is 0.00198. The Morgan fingerprint density at radius 3 is 2.68 bits per heavy atom.